The number of hydrogen-bond acceptors (Lipinski definition) is 4. The highest BCUT2D eigenvalue weighted by molar-refractivity contribution is 6.34. The Morgan fingerprint density at radius 3 is 3.00 bits per heavy atom. The van der Waals surface area contributed by atoms with Crippen LogP contribution >= 0.6 is 11.6 Å². The van der Waals surface area contributed by atoms with E-state index in [1.54, 1.807) is 31.2 Å². The second-order valence-corrected chi connectivity index (χ2v) is 3.87. The van der Waals surface area contributed by atoms with Gasteiger partial charge in [-0.3, -0.25) is 0 Å². The lowest BCUT2D eigenvalue weighted by Crippen LogP contribution is -2.14. The van der Waals surface area contributed by atoms with Crippen LogP contribution in [0, 0.1) is 0 Å². The lowest BCUT2D eigenvalue weighted by atomic mass is 10.2. The Bertz CT molecular complexity index is 546. The van der Waals surface area contributed by atoms with Gasteiger partial charge in [-0.15, -0.1) is 0 Å². The van der Waals surface area contributed by atoms with E-state index in [1.165, 1.54) is 0 Å². The molecule has 17 heavy (non-hydrogen) atoms. The third-order valence-corrected chi connectivity index (χ3v) is 2.59. The van der Waals surface area contributed by atoms with E-state index in [4.69, 9.17) is 20.8 Å². The Morgan fingerprint density at radius 1 is 1.59 bits per heavy atom. The molecule has 2 aromatic rings. The number of aliphatic hydroxyl groups excluding tert-OH is 1. The standard InChI is InChI=1S/C12H11ClO4/c1-2-16-12(15)10(14)9-6-7-4-3-5-8(13)11(7)17-9/h3-6,10,14H,2H2,1H3. The molecule has 0 fully saturated rings. The molecule has 0 saturated heterocycles. The average molecular weight is 255 g/mol. The lowest BCUT2D eigenvalue weighted by Gasteiger charge is -2.05. The second-order valence-electron chi connectivity index (χ2n) is 3.46. The minimum atomic E-state index is -1.42. The van der Waals surface area contributed by atoms with Crippen molar-refractivity contribution in [2.75, 3.05) is 6.61 Å². The van der Waals surface area contributed by atoms with Crippen LogP contribution in [-0.4, -0.2) is 17.7 Å². The van der Waals surface area contributed by atoms with Gasteiger partial charge in [0.25, 0.3) is 0 Å². The lowest BCUT2D eigenvalue weighted by molar-refractivity contribution is -0.154. The van der Waals surface area contributed by atoms with Crippen molar-refractivity contribution in [2.24, 2.45) is 0 Å². The summed E-state index contributed by atoms with van der Waals surface area (Å²) in [6, 6.07) is 6.80. The van der Waals surface area contributed by atoms with Gasteiger partial charge >= 0.3 is 5.97 Å². The number of fused-ring (bicyclic) bond motifs is 1. The van der Waals surface area contributed by atoms with Crippen LogP contribution in [-0.2, 0) is 9.53 Å². The summed E-state index contributed by atoms with van der Waals surface area (Å²) in [6.07, 6.45) is -1.42. The number of rotatable bonds is 3. The van der Waals surface area contributed by atoms with Gasteiger partial charge in [0.05, 0.1) is 11.6 Å². The van der Waals surface area contributed by atoms with Crippen molar-refractivity contribution in [3.05, 3.63) is 35.0 Å². The van der Waals surface area contributed by atoms with Gasteiger partial charge in [-0.1, -0.05) is 23.7 Å². The smallest absolute Gasteiger partial charge is 0.342 e. The van der Waals surface area contributed by atoms with Crippen molar-refractivity contribution in [1.29, 1.82) is 0 Å². The Hall–Kier alpha value is -1.52. The van der Waals surface area contributed by atoms with Crippen LogP contribution in [0.3, 0.4) is 0 Å². The topological polar surface area (TPSA) is 59.7 Å². The predicted octanol–water partition coefficient (Wildman–Crippen LogP) is 2.68. The van der Waals surface area contributed by atoms with Crippen LogP contribution in [0.2, 0.25) is 5.02 Å². The van der Waals surface area contributed by atoms with Crippen LogP contribution in [0.4, 0.5) is 0 Å². The van der Waals surface area contributed by atoms with E-state index >= 15 is 0 Å². The van der Waals surface area contributed by atoms with E-state index in [0.29, 0.717) is 10.6 Å². The molecule has 2 rings (SSSR count). The first kappa shape index (κ1) is 12.0. The Morgan fingerprint density at radius 2 is 2.35 bits per heavy atom. The van der Waals surface area contributed by atoms with E-state index in [-0.39, 0.29) is 12.4 Å². The molecule has 0 amide bonds. The third-order valence-electron chi connectivity index (χ3n) is 2.29. The van der Waals surface area contributed by atoms with Crippen molar-refractivity contribution >= 4 is 28.5 Å². The Balaban J connectivity index is 2.36. The SMILES string of the molecule is CCOC(=O)C(O)c1cc2cccc(Cl)c2o1. The van der Waals surface area contributed by atoms with Crippen molar-refractivity contribution in [2.45, 2.75) is 13.0 Å². The highest BCUT2D eigenvalue weighted by atomic mass is 35.5. The molecule has 0 aliphatic heterocycles. The van der Waals surface area contributed by atoms with Gasteiger partial charge in [-0.2, -0.15) is 0 Å². The number of ether oxygens (including phenoxy) is 1. The number of benzene rings is 1. The van der Waals surface area contributed by atoms with Crippen molar-refractivity contribution in [3.8, 4) is 0 Å². The fourth-order valence-electron chi connectivity index (χ4n) is 1.52. The molecular formula is C12H11ClO4. The predicted molar refractivity (Wildman–Crippen MR) is 62.8 cm³/mol. The number of carbonyl (C=O) groups is 1. The first-order valence-corrected chi connectivity index (χ1v) is 5.54. The monoisotopic (exact) mass is 254 g/mol. The van der Waals surface area contributed by atoms with Gasteiger partial charge in [-0.05, 0) is 19.1 Å². The van der Waals surface area contributed by atoms with E-state index in [9.17, 15) is 9.90 Å². The number of halogens is 1. The molecule has 0 saturated carbocycles. The van der Waals surface area contributed by atoms with Gasteiger partial charge in [0.2, 0.25) is 6.10 Å². The summed E-state index contributed by atoms with van der Waals surface area (Å²) >= 11 is 5.92. The van der Waals surface area contributed by atoms with Gasteiger partial charge in [0.1, 0.15) is 5.76 Å². The molecular weight excluding hydrogens is 244 g/mol. The molecule has 90 valence electrons. The highest BCUT2D eigenvalue weighted by Gasteiger charge is 2.23. The summed E-state index contributed by atoms with van der Waals surface area (Å²) in [7, 11) is 0. The number of para-hydroxylation sites is 1. The summed E-state index contributed by atoms with van der Waals surface area (Å²) in [5, 5.41) is 10.9. The molecule has 1 aromatic heterocycles. The summed E-state index contributed by atoms with van der Waals surface area (Å²) in [4.78, 5) is 11.3. The maximum absolute atomic E-state index is 11.3. The average Bonchev–Trinajstić information content (AvgIpc) is 2.73. The molecule has 1 heterocycles. The first-order chi connectivity index (χ1) is 8.13. The van der Waals surface area contributed by atoms with Gasteiger partial charge in [0, 0.05) is 5.39 Å². The van der Waals surface area contributed by atoms with Crippen LogP contribution in [0.15, 0.2) is 28.7 Å². The largest absolute Gasteiger partial charge is 0.464 e. The molecule has 1 unspecified atom stereocenters. The minimum absolute atomic E-state index is 0.131. The molecule has 5 heteroatoms. The van der Waals surface area contributed by atoms with Crippen LogP contribution in [0.5, 0.6) is 0 Å². The molecule has 0 aliphatic carbocycles. The van der Waals surface area contributed by atoms with Gasteiger partial charge in [0.15, 0.2) is 5.58 Å². The molecule has 0 aliphatic rings. The van der Waals surface area contributed by atoms with Gasteiger partial charge < -0.3 is 14.3 Å². The van der Waals surface area contributed by atoms with E-state index in [1.807, 2.05) is 0 Å². The van der Waals surface area contributed by atoms with Crippen LogP contribution in [0.25, 0.3) is 11.0 Å². The van der Waals surface area contributed by atoms with E-state index in [0.717, 1.165) is 5.39 Å². The molecule has 0 radical (unpaired) electrons. The number of esters is 1. The zero-order valence-corrected chi connectivity index (χ0v) is 9.90. The molecule has 1 N–H and O–H groups in total. The summed E-state index contributed by atoms with van der Waals surface area (Å²) in [5.74, 6) is -0.603. The molecule has 4 nitrogen and oxygen atoms in total. The van der Waals surface area contributed by atoms with Crippen molar-refractivity contribution in [3.63, 3.8) is 0 Å². The number of furan rings is 1. The highest BCUT2D eigenvalue weighted by Crippen LogP contribution is 2.29. The Kier molecular flexibility index (Phi) is 3.36. The summed E-state index contributed by atoms with van der Waals surface area (Å²) < 4.78 is 10.0. The van der Waals surface area contributed by atoms with Crippen molar-refractivity contribution < 1.29 is 19.1 Å². The first-order valence-electron chi connectivity index (χ1n) is 5.16. The molecule has 0 bridgehead atoms. The van der Waals surface area contributed by atoms with E-state index in [2.05, 4.69) is 0 Å². The number of carbonyl (C=O) groups excluding carboxylic acids is 1. The Labute approximate surface area is 103 Å². The quantitative estimate of drug-likeness (QED) is 0.856. The van der Waals surface area contributed by atoms with E-state index < -0.39 is 12.1 Å². The maximum Gasteiger partial charge on any atom is 0.342 e. The normalized spacial score (nSPS) is 12.6. The van der Waals surface area contributed by atoms with Gasteiger partial charge in [-0.25, -0.2) is 4.79 Å². The molecule has 1 atom stereocenters. The minimum Gasteiger partial charge on any atom is -0.464 e. The summed E-state index contributed by atoms with van der Waals surface area (Å²) in [6.45, 7) is 1.87. The fraction of sp³-hybridized carbons (Fsp3) is 0.250. The zero-order chi connectivity index (χ0) is 12.4. The summed E-state index contributed by atoms with van der Waals surface area (Å²) in [5.41, 5.74) is 0.451. The number of hydrogen-bond donors (Lipinski definition) is 1. The van der Waals surface area contributed by atoms with Crippen LogP contribution < -0.4 is 0 Å². The number of aliphatic hydroxyl groups is 1. The van der Waals surface area contributed by atoms with Crippen molar-refractivity contribution in [1.82, 2.24) is 0 Å². The fourth-order valence-corrected chi connectivity index (χ4v) is 1.74. The maximum atomic E-state index is 11.3. The van der Waals surface area contributed by atoms with Crippen LogP contribution in [0.1, 0.15) is 18.8 Å². The second kappa shape index (κ2) is 4.77. The molecule has 1 aromatic carbocycles. The molecule has 0 spiro atoms. The zero-order valence-electron chi connectivity index (χ0n) is 9.14. The third kappa shape index (κ3) is 2.28.